The van der Waals surface area contributed by atoms with Gasteiger partial charge in [-0.05, 0) is 35.8 Å². The molecule has 1 aliphatic rings. The lowest BCUT2D eigenvalue weighted by molar-refractivity contribution is -0.126. The third-order valence-electron chi connectivity index (χ3n) is 4.17. The normalized spacial score (nSPS) is 13.9. The van der Waals surface area contributed by atoms with Gasteiger partial charge in [0.15, 0.2) is 11.5 Å². The van der Waals surface area contributed by atoms with Crippen molar-refractivity contribution in [3.8, 4) is 11.5 Å². The highest BCUT2D eigenvalue weighted by atomic mass is 16.5. The van der Waals surface area contributed by atoms with Crippen molar-refractivity contribution >= 4 is 12.0 Å². The second-order valence-electron chi connectivity index (χ2n) is 5.77. The number of carbonyl (C=O) groups is 1. The summed E-state index contributed by atoms with van der Waals surface area (Å²) in [5, 5.41) is 4.09. The summed E-state index contributed by atoms with van der Waals surface area (Å²) in [5.74, 6) is 1.42. The quantitative estimate of drug-likeness (QED) is 0.807. The van der Waals surface area contributed by atoms with E-state index >= 15 is 0 Å². The van der Waals surface area contributed by atoms with E-state index in [1.165, 1.54) is 5.56 Å². The molecule has 0 N–H and O–H groups in total. The highest BCUT2D eigenvalue weighted by Gasteiger charge is 2.21. The third-order valence-corrected chi connectivity index (χ3v) is 4.17. The third kappa shape index (κ3) is 3.27. The first kappa shape index (κ1) is 16.1. The molecule has 24 heavy (non-hydrogen) atoms. The number of benzene rings is 1. The van der Waals surface area contributed by atoms with E-state index in [4.69, 9.17) is 9.47 Å². The number of aromatic nitrogens is 2. The van der Waals surface area contributed by atoms with Crippen molar-refractivity contribution in [1.29, 1.82) is 0 Å². The van der Waals surface area contributed by atoms with Crippen LogP contribution in [0.4, 0.5) is 0 Å². The van der Waals surface area contributed by atoms with Crippen LogP contribution in [0.2, 0.25) is 0 Å². The Balaban J connectivity index is 1.74. The van der Waals surface area contributed by atoms with Crippen LogP contribution in [-0.2, 0) is 24.8 Å². The maximum atomic E-state index is 12.4. The predicted octanol–water partition coefficient (Wildman–Crippen LogP) is 2.04. The molecule has 0 saturated carbocycles. The van der Waals surface area contributed by atoms with E-state index in [-0.39, 0.29) is 5.91 Å². The Morgan fingerprint density at radius 2 is 1.92 bits per heavy atom. The van der Waals surface area contributed by atoms with Crippen molar-refractivity contribution in [2.75, 3.05) is 20.8 Å². The Bertz CT molecular complexity index is 780. The van der Waals surface area contributed by atoms with Crippen LogP contribution >= 0.6 is 0 Å². The summed E-state index contributed by atoms with van der Waals surface area (Å²) in [6, 6.07) is 3.96. The molecule has 6 heteroatoms. The van der Waals surface area contributed by atoms with Crippen LogP contribution in [0.1, 0.15) is 16.7 Å². The summed E-state index contributed by atoms with van der Waals surface area (Å²) >= 11 is 0. The second-order valence-corrected chi connectivity index (χ2v) is 5.77. The topological polar surface area (TPSA) is 56.6 Å². The molecular weight excluding hydrogens is 306 g/mol. The van der Waals surface area contributed by atoms with Gasteiger partial charge in [-0.15, -0.1) is 0 Å². The highest BCUT2D eigenvalue weighted by Crippen LogP contribution is 2.33. The zero-order valence-corrected chi connectivity index (χ0v) is 14.2. The number of hydrogen-bond acceptors (Lipinski definition) is 4. The number of carbonyl (C=O) groups excluding carboxylic acids is 1. The first-order valence-electron chi connectivity index (χ1n) is 7.80. The Morgan fingerprint density at radius 1 is 1.21 bits per heavy atom. The molecule has 2 heterocycles. The maximum absolute atomic E-state index is 12.4. The van der Waals surface area contributed by atoms with E-state index in [1.54, 1.807) is 37.3 Å². The number of nitrogens with zero attached hydrogens (tertiary/aromatic N) is 3. The Labute approximate surface area is 141 Å². The molecule has 0 saturated heterocycles. The van der Waals surface area contributed by atoms with E-state index in [2.05, 4.69) is 5.10 Å². The fraction of sp³-hybridized carbons (Fsp3) is 0.333. The van der Waals surface area contributed by atoms with Crippen LogP contribution in [0.25, 0.3) is 6.08 Å². The number of methoxy groups -OCH3 is 2. The largest absolute Gasteiger partial charge is 0.493 e. The van der Waals surface area contributed by atoms with Gasteiger partial charge in [-0.2, -0.15) is 5.10 Å². The standard InChI is InChI=1S/C18H21N3O3/c1-20-11-13(10-19-20)4-5-18(22)21-7-6-14-8-16(23-2)17(24-3)9-15(14)12-21/h4-5,8-11H,6-7,12H2,1-3H3/b5-4+. The zero-order valence-electron chi connectivity index (χ0n) is 14.2. The Hall–Kier alpha value is -2.76. The second kappa shape index (κ2) is 6.78. The number of hydrogen-bond donors (Lipinski definition) is 0. The van der Waals surface area contributed by atoms with Crippen LogP contribution in [0, 0.1) is 0 Å². The number of fused-ring (bicyclic) bond motifs is 1. The Kier molecular flexibility index (Phi) is 4.55. The van der Waals surface area contributed by atoms with Crippen molar-refractivity contribution in [3.05, 3.63) is 47.3 Å². The molecule has 0 atom stereocenters. The van der Waals surface area contributed by atoms with Gasteiger partial charge < -0.3 is 14.4 Å². The lowest BCUT2D eigenvalue weighted by Gasteiger charge is -2.28. The maximum Gasteiger partial charge on any atom is 0.246 e. The summed E-state index contributed by atoms with van der Waals surface area (Å²) in [6.07, 6.45) is 7.79. The molecular formula is C18H21N3O3. The summed E-state index contributed by atoms with van der Waals surface area (Å²) in [6.45, 7) is 1.27. The Morgan fingerprint density at radius 3 is 2.54 bits per heavy atom. The molecule has 0 radical (unpaired) electrons. The summed E-state index contributed by atoms with van der Waals surface area (Å²) in [4.78, 5) is 14.3. The zero-order chi connectivity index (χ0) is 17.1. The fourth-order valence-electron chi connectivity index (χ4n) is 2.87. The van der Waals surface area contributed by atoms with E-state index in [9.17, 15) is 4.79 Å². The van der Waals surface area contributed by atoms with Crippen molar-refractivity contribution < 1.29 is 14.3 Å². The molecule has 1 amide bonds. The van der Waals surface area contributed by atoms with Crippen molar-refractivity contribution in [1.82, 2.24) is 14.7 Å². The van der Waals surface area contributed by atoms with Crippen LogP contribution in [0.3, 0.4) is 0 Å². The van der Waals surface area contributed by atoms with E-state index in [0.29, 0.717) is 18.8 Å². The smallest absolute Gasteiger partial charge is 0.246 e. The van der Waals surface area contributed by atoms with E-state index < -0.39 is 0 Å². The van der Waals surface area contributed by atoms with Crippen molar-refractivity contribution in [2.45, 2.75) is 13.0 Å². The monoisotopic (exact) mass is 327 g/mol. The molecule has 6 nitrogen and oxygen atoms in total. The average molecular weight is 327 g/mol. The minimum absolute atomic E-state index is 0.000659. The van der Waals surface area contributed by atoms with Gasteiger partial charge >= 0.3 is 0 Å². The molecule has 1 aliphatic heterocycles. The van der Waals surface area contributed by atoms with Crippen LogP contribution in [-0.4, -0.2) is 41.4 Å². The summed E-state index contributed by atoms with van der Waals surface area (Å²) < 4.78 is 12.4. The molecule has 0 spiro atoms. The average Bonchev–Trinajstić information content (AvgIpc) is 3.03. The SMILES string of the molecule is COc1cc2c(cc1OC)CN(C(=O)/C=C/c1cnn(C)c1)CC2. The number of ether oxygens (including phenoxy) is 2. The van der Waals surface area contributed by atoms with Gasteiger partial charge in [-0.25, -0.2) is 0 Å². The summed E-state index contributed by atoms with van der Waals surface area (Å²) in [5.41, 5.74) is 3.21. The first-order valence-corrected chi connectivity index (χ1v) is 7.80. The van der Waals surface area contributed by atoms with Gasteiger partial charge in [-0.1, -0.05) is 0 Å². The summed E-state index contributed by atoms with van der Waals surface area (Å²) in [7, 11) is 5.10. The van der Waals surface area contributed by atoms with Gasteiger partial charge in [0.25, 0.3) is 0 Å². The lowest BCUT2D eigenvalue weighted by Crippen LogP contribution is -2.34. The first-order chi connectivity index (χ1) is 11.6. The van der Waals surface area contributed by atoms with Crippen molar-refractivity contribution in [3.63, 3.8) is 0 Å². The molecule has 3 rings (SSSR count). The van der Waals surface area contributed by atoms with Gasteiger partial charge in [0.2, 0.25) is 5.91 Å². The van der Waals surface area contributed by atoms with Gasteiger partial charge in [-0.3, -0.25) is 9.48 Å². The van der Waals surface area contributed by atoms with Gasteiger partial charge in [0.05, 0.1) is 20.4 Å². The molecule has 0 bridgehead atoms. The van der Waals surface area contributed by atoms with Crippen LogP contribution in [0.5, 0.6) is 11.5 Å². The lowest BCUT2D eigenvalue weighted by atomic mass is 9.98. The number of amides is 1. The molecule has 0 fully saturated rings. The molecule has 2 aromatic rings. The van der Waals surface area contributed by atoms with E-state index in [1.807, 2.05) is 30.3 Å². The van der Waals surface area contributed by atoms with Crippen molar-refractivity contribution in [2.24, 2.45) is 7.05 Å². The van der Waals surface area contributed by atoms with Crippen LogP contribution in [0.15, 0.2) is 30.6 Å². The minimum atomic E-state index is -0.000659. The molecule has 1 aromatic heterocycles. The van der Waals surface area contributed by atoms with Crippen LogP contribution < -0.4 is 9.47 Å². The van der Waals surface area contributed by atoms with Gasteiger partial charge in [0.1, 0.15) is 0 Å². The van der Waals surface area contributed by atoms with Gasteiger partial charge in [0, 0.05) is 38.0 Å². The predicted molar refractivity (Wildman–Crippen MR) is 90.9 cm³/mol. The minimum Gasteiger partial charge on any atom is -0.493 e. The molecule has 0 aliphatic carbocycles. The molecule has 1 aromatic carbocycles. The fourth-order valence-corrected chi connectivity index (χ4v) is 2.87. The number of aryl methyl sites for hydroxylation is 1. The molecule has 0 unspecified atom stereocenters. The highest BCUT2D eigenvalue weighted by molar-refractivity contribution is 5.91. The van der Waals surface area contributed by atoms with E-state index in [0.717, 1.165) is 23.3 Å². The molecule has 126 valence electrons. The number of rotatable bonds is 4.